The van der Waals surface area contributed by atoms with Gasteiger partial charge in [0.25, 0.3) is 0 Å². The van der Waals surface area contributed by atoms with Crippen molar-refractivity contribution in [3.8, 4) is 5.75 Å². The molecule has 2 bridgehead atoms. The van der Waals surface area contributed by atoms with Crippen molar-refractivity contribution < 1.29 is 19.1 Å². The number of benzene rings is 1. The summed E-state index contributed by atoms with van der Waals surface area (Å²) in [5, 5.41) is 6.05. The maximum Gasteiger partial charge on any atom is 0.407 e. The third-order valence-corrected chi connectivity index (χ3v) is 6.41. The number of rotatable bonds is 5. The van der Waals surface area contributed by atoms with E-state index >= 15 is 0 Å². The van der Waals surface area contributed by atoms with Crippen LogP contribution in [0.1, 0.15) is 58.4 Å². The molecule has 0 unspecified atom stereocenters. The molecule has 28 heavy (non-hydrogen) atoms. The van der Waals surface area contributed by atoms with Gasteiger partial charge in [-0.1, -0.05) is 12.1 Å². The molecule has 0 aliphatic heterocycles. The molecule has 1 aromatic carbocycles. The predicted molar refractivity (Wildman–Crippen MR) is 105 cm³/mol. The van der Waals surface area contributed by atoms with Gasteiger partial charge in [0, 0.05) is 12.1 Å². The lowest BCUT2D eigenvalue weighted by molar-refractivity contribution is -0.177. The number of carbonyl (C=O) groups is 2. The number of carbonyl (C=O) groups excluding carboxylic acids is 2. The van der Waals surface area contributed by atoms with Crippen molar-refractivity contribution in [2.75, 3.05) is 7.11 Å². The Kier molecular flexibility index (Phi) is 4.36. The summed E-state index contributed by atoms with van der Waals surface area (Å²) in [6.45, 7) is 5.54. The number of methoxy groups -OCH3 is 1. The molecule has 0 heterocycles. The van der Waals surface area contributed by atoms with E-state index in [0.29, 0.717) is 0 Å². The van der Waals surface area contributed by atoms with E-state index in [0.717, 1.165) is 37.9 Å². The average molecular weight is 386 g/mol. The summed E-state index contributed by atoms with van der Waals surface area (Å²) in [6, 6.07) is 8.47. The summed E-state index contributed by atoms with van der Waals surface area (Å²) in [5.74, 6) is 1.05. The van der Waals surface area contributed by atoms with E-state index in [1.54, 1.807) is 7.11 Å². The number of ether oxygens (including phenoxy) is 2. The van der Waals surface area contributed by atoms with E-state index in [1.807, 2.05) is 32.9 Å². The fraction of sp³-hybridized carbons (Fsp3) is 0.636. The van der Waals surface area contributed by atoms with Crippen molar-refractivity contribution in [2.24, 2.45) is 5.41 Å². The molecule has 0 aromatic heterocycles. The summed E-state index contributed by atoms with van der Waals surface area (Å²) in [4.78, 5) is 24.5. The highest BCUT2D eigenvalue weighted by Gasteiger charge is 2.71. The lowest BCUT2D eigenvalue weighted by atomic mass is 9.33. The molecule has 152 valence electrons. The molecule has 1 aromatic rings. The Morgan fingerprint density at radius 3 is 2.11 bits per heavy atom. The van der Waals surface area contributed by atoms with E-state index in [2.05, 4.69) is 22.8 Å². The summed E-state index contributed by atoms with van der Waals surface area (Å²) >= 11 is 0. The van der Waals surface area contributed by atoms with Crippen molar-refractivity contribution in [3.63, 3.8) is 0 Å². The van der Waals surface area contributed by atoms with E-state index in [-0.39, 0.29) is 34.9 Å². The van der Waals surface area contributed by atoms with Gasteiger partial charge in [-0.2, -0.15) is 0 Å². The number of nitrogens with one attached hydrogen (secondary N) is 2. The zero-order valence-electron chi connectivity index (χ0n) is 17.1. The molecule has 0 atom stereocenters. The molecule has 0 saturated heterocycles. The van der Waals surface area contributed by atoms with Crippen LogP contribution in [0.4, 0.5) is 4.79 Å². The molecule has 6 nitrogen and oxygen atoms in total. The first-order valence-electron chi connectivity index (χ1n) is 10.1. The molecule has 0 radical (unpaired) electrons. The largest absolute Gasteiger partial charge is 0.497 e. The van der Waals surface area contributed by atoms with Gasteiger partial charge in [-0.25, -0.2) is 4.79 Å². The van der Waals surface area contributed by atoms with Crippen LogP contribution in [0.25, 0.3) is 0 Å². The molecule has 2 N–H and O–H groups in total. The SMILES string of the molecule is COc1ccc(C23CC(C(=O)NC4CC(NC(=O)OC(C)(C)C)C4)(C2)C3)cc1. The number of amides is 2. The molecule has 5 rings (SSSR count). The van der Waals surface area contributed by atoms with Gasteiger partial charge in [-0.05, 0) is 76.0 Å². The van der Waals surface area contributed by atoms with Crippen LogP contribution in [0.2, 0.25) is 0 Å². The second-order valence-corrected chi connectivity index (χ2v) is 9.80. The number of hydrogen-bond donors (Lipinski definition) is 2. The van der Waals surface area contributed by atoms with E-state index < -0.39 is 5.60 Å². The van der Waals surface area contributed by atoms with Crippen molar-refractivity contribution in [1.82, 2.24) is 10.6 Å². The minimum Gasteiger partial charge on any atom is -0.497 e. The van der Waals surface area contributed by atoms with Gasteiger partial charge in [0.15, 0.2) is 0 Å². The molecule has 6 heteroatoms. The van der Waals surface area contributed by atoms with Crippen LogP contribution in [0.15, 0.2) is 24.3 Å². The Hall–Kier alpha value is -2.24. The molecule has 2 amide bonds. The topological polar surface area (TPSA) is 76.7 Å². The first-order valence-corrected chi connectivity index (χ1v) is 10.1. The lowest BCUT2D eigenvalue weighted by Gasteiger charge is -2.70. The average Bonchev–Trinajstić information content (AvgIpc) is 2.49. The van der Waals surface area contributed by atoms with Crippen LogP contribution < -0.4 is 15.4 Å². The van der Waals surface area contributed by atoms with Gasteiger partial charge in [0.1, 0.15) is 11.4 Å². The first kappa shape index (κ1) is 19.1. The van der Waals surface area contributed by atoms with E-state index in [9.17, 15) is 9.59 Å². The normalized spacial score (nSPS) is 32.9. The highest BCUT2D eigenvalue weighted by molar-refractivity contribution is 5.88. The van der Waals surface area contributed by atoms with Crippen LogP contribution >= 0.6 is 0 Å². The summed E-state index contributed by atoms with van der Waals surface area (Å²) in [6.07, 6.45) is 3.96. The molecule has 0 spiro atoms. The van der Waals surface area contributed by atoms with Gasteiger partial charge in [-0.3, -0.25) is 4.79 Å². The minimum absolute atomic E-state index is 0.0822. The third-order valence-electron chi connectivity index (χ3n) is 6.41. The van der Waals surface area contributed by atoms with Gasteiger partial charge >= 0.3 is 6.09 Å². The van der Waals surface area contributed by atoms with Gasteiger partial charge in [-0.15, -0.1) is 0 Å². The number of alkyl carbamates (subject to hydrolysis) is 1. The smallest absolute Gasteiger partial charge is 0.407 e. The van der Waals surface area contributed by atoms with Gasteiger partial charge in [0.05, 0.1) is 12.5 Å². The molecule has 4 aliphatic carbocycles. The van der Waals surface area contributed by atoms with Crippen molar-refractivity contribution >= 4 is 12.0 Å². The highest BCUT2D eigenvalue weighted by Crippen LogP contribution is 2.73. The summed E-state index contributed by atoms with van der Waals surface area (Å²) < 4.78 is 10.5. The van der Waals surface area contributed by atoms with Crippen molar-refractivity contribution in [2.45, 2.75) is 76.0 Å². The Morgan fingerprint density at radius 1 is 1.00 bits per heavy atom. The van der Waals surface area contributed by atoms with Crippen molar-refractivity contribution in [3.05, 3.63) is 29.8 Å². The van der Waals surface area contributed by atoms with Crippen LogP contribution in [0.5, 0.6) is 5.75 Å². The zero-order valence-corrected chi connectivity index (χ0v) is 17.1. The van der Waals surface area contributed by atoms with Crippen LogP contribution in [0.3, 0.4) is 0 Å². The molecule has 4 fully saturated rings. The molecular formula is C22H30N2O4. The van der Waals surface area contributed by atoms with Gasteiger partial charge in [0.2, 0.25) is 5.91 Å². The van der Waals surface area contributed by atoms with Gasteiger partial charge < -0.3 is 20.1 Å². The second kappa shape index (κ2) is 6.39. The Labute approximate surface area is 166 Å². The standard InChI is InChI=1S/C22H30N2O4/c1-20(2,3)28-19(26)24-16-9-15(10-16)23-18(25)22-11-21(12-22,13-22)14-5-7-17(27-4)8-6-14/h5-8,15-16H,9-13H2,1-4H3,(H,23,25)(H,24,26). The zero-order chi connectivity index (χ0) is 20.2. The maximum atomic E-state index is 12.7. The second-order valence-electron chi connectivity index (χ2n) is 9.80. The van der Waals surface area contributed by atoms with E-state index in [4.69, 9.17) is 9.47 Å². The number of hydrogen-bond acceptors (Lipinski definition) is 4. The predicted octanol–water partition coefficient (Wildman–Crippen LogP) is 3.29. The van der Waals surface area contributed by atoms with Crippen LogP contribution in [-0.4, -0.2) is 36.8 Å². The Bertz CT molecular complexity index is 755. The quantitative estimate of drug-likeness (QED) is 0.814. The summed E-state index contributed by atoms with van der Waals surface area (Å²) in [5.41, 5.74) is 0.826. The van der Waals surface area contributed by atoms with Crippen LogP contribution in [0, 0.1) is 5.41 Å². The fourth-order valence-corrected chi connectivity index (χ4v) is 4.95. The molecule has 4 saturated carbocycles. The minimum atomic E-state index is -0.495. The van der Waals surface area contributed by atoms with Crippen LogP contribution in [-0.2, 0) is 14.9 Å². The Balaban J connectivity index is 1.20. The van der Waals surface area contributed by atoms with Crippen molar-refractivity contribution in [1.29, 1.82) is 0 Å². The fourth-order valence-electron chi connectivity index (χ4n) is 4.95. The van der Waals surface area contributed by atoms with E-state index in [1.165, 1.54) is 5.56 Å². The summed E-state index contributed by atoms with van der Waals surface area (Å²) in [7, 11) is 1.67. The highest BCUT2D eigenvalue weighted by atomic mass is 16.6. The monoisotopic (exact) mass is 386 g/mol. The maximum absolute atomic E-state index is 12.7. The molecule has 4 aliphatic rings. The molecular weight excluding hydrogens is 356 g/mol. The third kappa shape index (κ3) is 3.33. The first-order chi connectivity index (χ1) is 13.1. The Morgan fingerprint density at radius 2 is 1.57 bits per heavy atom. The lowest BCUT2D eigenvalue weighted by Crippen LogP contribution is -2.71.